The van der Waals surface area contributed by atoms with Gasteiger partial charge in [-0.25, -0.2) is 0 Å². The van der Waals surface area contributed by atoms with Gasteiger partial charge in [0.2, 0.25) is 0 Å². The summed E-state index contributed by atoms with van der Waals surface area (Å²) in [6, 6.07) is 7.43. The van der Waals surface area contributed by atoms with E-state index in [9.17, 15) is 5.11 Å². The standard InChI is InChI=1S/C17H29N3O2.HI/c1-5-7-12-20(3)17(18-6-2)19-13-16(21)14-8-10-15(22-4)11-9-14;/h8-11,16,21H,5-7,12-13H2,1-4H3,(H,18,19);1H. The Kier molecular flexibility index (Phi) is 11.9. The lowest BCUT2D eigenvalue weighted by atomic mass is 10.1. The van der Waals surface area contributed by atoms with Crippen LogP contribution in [0.25, 0.3) is 0 Å². The first-order valence-electron chi connectivity index (χ1n) is 7.93. The summed E-state index contributed by atoms with van der Waals surface area (Å²) >= 11 is 0. The van der Waals surface area contributed by atoms with Gasteiger partial charge in [0.25, 0.3) is 0 Å². The van der Waals surface area contributed by atoms with Crippen molar-refractivity contribution in [3.63, 3.8) is 0 Å². The van der Waals surface area contributed by atoms with Gasteiger partial charge in [-0.05, 0) is 31.0 Å². The molecule has 2 N–H and O–H groups in total. The first kappa shape index (κ1) is 22.0. The molecule has 0 spiro atoms. The van der Waals surface area contributed by atoms with Gasteiger partial charge in [0.1, 0.15) is 5.75 Å². The minimum atomic E-state index is -0.612. The van der Waals surface area contributed by atoms with Crippen LogP contribution in [0.3, 0.4) is 0 Å². The molecule has 0 aliphatic heterocycles. The summed E-state index contributed by atoms with van der Waals surface area (Å²) in [7, 11) is 3.65. The largest absolute Gasteiger partial charge is 0.497 e. The highest BCUT2D eigenvalue weighted by molar-refractivity contribution is 14.0. The minimum Gasteiger partial charge on any atom is -0.497 e. The van der Waals surface area contributed by atoms with Gasteiger partial charge in [0, 0.05) is 20.1 Å². The molecule has 0 aromatic heterocycles. The molecule has 0 heterocycles. The molecule has 6 heteroatoms. The number of nitrogens with one attached hydrogen (secondary N) is 1. The average molecular weight is 435 g/mol. The Morgan fingerprint density at radius 1 is 1.30 bits per heavy atom. The van der Waals surface area contributed by atoms with Crippen molar-refractivity contribution < 1.29 is 9.84 Å². The van der Waals surface area contributed by atoms with Crippen molar-refractivity contribution in [2.24, 2.45) is 4.99 Å². The molecule has 0 aliphatic carbocycles. The molecule has 1 aromatic rings. The molecule has 0 radical (unpaired) electrons. The third-order valence-electron chi connectivity index (χ3n) is 3.46. The molecular formula is C17H30IN3O2. The quantitative estimate of drug-likeness (QED) is 0.375. The van der Waals surface area contributed by atoms with Gasteiger partial charge in [-0.15, -0.1) is 24.0 Å². The summed E-state index contributed by atoms with van der Waals surface area (Å²) in [5.74, 6) is 1.62. The van der Waals surface area contributed by atoms with E-state index in [1.807, 2.05) is 38.2 Å². The van der Waals surface area contributed by atoms with Crippen LogP contribution in [0, 0.1) is 0 Å². The maximum atomic E-state index is 10.3. The Labute approximate surface area is 157 Å². The smallest absolute Gasteiger partial charge is 0.193 e. The van der Waals surface area contributed by atoms with Crippen LogP contribution in [-0.2, 0) is 0 Å². The number of ether oxygens (including phenoxy) is 1. The van der Waals surface area contributed by atoms with Crippen molar-refractivity contribution in [3.8, 4) is 5.75 Å². The molecule has 1 aromatic carbocycles. The number of unbranched alkanes of at least 4 members (excludes halogenated alkanes) is 1. The van der Waals surface area contributed by atoms with E-state index in [1.165, 1.54) is 0 Å². The number of hydrogen-bond donors (Lipinski definition) is 2. The second-order valence-electron chi connectivity index (χ2n) is 5.26. The maximum absolute atomic E-state index is 10.3. The van der Waals surface area contributed by atoms with E-state index in [4.69, 9.17) is 4.74 Å². The fourth-order valence-corrected chi connectivity index (χ4v) is 2.08. The molecule has 23 heavy (non-hydrogen) atoms. The summed E-state index contributed by atoms with van der Waals surface area (Å²) in [4.78, 5) is 6.64. The molecule has 1 atom stereocenters. The summed E-state index contributed by atoms with van der Waals surface area (Å²) in [6.07, 6.45) is 1.67. The van der Waals surface area contributed by atoms with Crippen LogP contribution in [-0.4, -0.2) is 49.8 Å². The second kappa shape index (κ2) is 12.4. The molecule has 1 rings (SSSR count). The van der Waals surface area contributed by atoms with Crippen molar-refractivity contribution in [3.05, 3.63) is 29.8 Å². The van der Waals surface area contributed by atoms with Gasteiger partial charge in [0.15, 0.2) is 5.96 Å². The normalized spacial score (nSPS) is 12.3. The van der Waals surface area contributed by atoms with E-state index in [0.29, 0.717) is 6.54 Å². The summed E-state index contributed by atoms with van der Waals surface area (Å²) in [6.45, 7) is 6.33. The lowest BCUT2D eigenvalue weighted by Crippen LogP contribution is -2.39. The highest BCUT2D eigenvalue weighted by atomic mass is 127. The highest BCUT2D eigenvalue weighted by Gasteiger charge is 2.09. The van der Waals surface area contributed by atoms with Crippen molar-refractivity contribution in [2.45, 2.75) is 32.8 Å². The number of halogens is 1. The van der Waals surface area contributed by atoms with Crippen molar-refractivity contribution in [1.82, 2.24) is 10.2 Å². The van der Waals surface area contributed by atoms with E-state index in [1.54, 1.807) is 7.11 Å². The number of methoxy groups -OCH3 is 1. The number of nitrogens with zero attached hydrogens (tertiary/aromatic N) is 2. The molecule has 0 fully saturated rings. The summed E-state index contributed by atoms with van der Waals surface area (Å²) < 4.78 is 5.12. The number of hydrogen-bond acceptors (Lipinski definition) is 3. The van der Waals surface area contributed by atoms with Crippen LogP contribution >= 0.6 is 24.0 Å². The topological polar surface area (TPSA) is 57.1 Å². The zero-order chi connectivity index (χ0) is 16.4. The Balaban J connectivity index is 0.00000484. The molecule has 1 unspecified atom stereocenters. The van der Waals surface area contributed by atoms with Crippen LogP contribution in [0.5, 0.6) is 5.75 Å². The predicted molar refractivity (Wildman–Crippen MR) is 107 cm³/mol. The molecule has 5 nitrogen and oxygen atoms in total. The zero-order valence-electron chi connectivity index (χ0n) is 14.6. The first-order chi connectivity index (χ1) is 10.6. The van der Waals surface area contributed by atoms with E-state index in [0.717, 1.165) is 43.2 Å². The fourth-order valence-electron chi connectivity index (χ4n) is 2.08. The van der Waals surface area contributed by atoms with Gasteiger partial charge in [-0.1, -0.05) is 25.5 Å². The Hall–Kier alpha value is -1.02. The van der Waals surface area contributed by atoms with Gasteiger partial charge in [0.05, 0.1) is 19.8 Å². The molecule has 0 amide bonds. The molecule has 0 bridgehead atoms. The first-order valence-corrected chi connectivity index (χ1v) is 7.93. The number of aliphatic imine (C=N–C) groups is 1. The molecule has 0 saturated carbocycles. The van der Waals surface area contributed by atoms with E-state index in [2.05, 4.69) is 22.1 Å². The molecule has 0 aliphatic rings. The number of benzene rings is 1. The highest BCUT2D eigenvalue weighted by Crippen LogP contribution is 2.17. The monoisotopic (exact) mass is 435 g/mol. The van der Waals surface area contributed by atoms with Crippen molar-refractivity contribution >= 4 is 29.9 Å². The Morgan fingerprint density at radius 3 is 2.48 bits per heavy atom. The van der Waals surface area contributed by atoms with Crippen molar-refractivity contribution in [2.75, 3.05) is 33.8 Å². The summed E-state index contributed by atoms with van der Waals surface area (Å²) in [5, 5.41) is 13.5. The van der Waals surface area contributed by atoms with E-state index >= 15 is 0 Å². The molecule has 132 valence electrons. The maximum Gasteiger partial charge on any atom is 0.193 e. The van der Waals surface area contributed by atoms with Gasteiger partial charge < -0.3 is 20.1 Å². The van der Waals surface area contributed by atoms with Crippen LogP contribution in [0.15, 0.2) is 29.3 Å². The van der Waals surface area contributed by atoms with Gasteiger partial charge in [-0.3, -0.25) is 4.99 Å². The van der Waals surface area contributed by atoms with Crippen molar-refractivity contribution in [1.29, 1.82) is 0 Å². The SMILES string of the molecule is CCCCN(C)C(=NCC(O)c1ccc(OC)cc1)NCC.I. The fraction of sp³-hybridized carbons (Fsp3) is 0.588. The van der Waals surface area contributed by atoms with Gasteiger partial charge >= 0.3 is 0 Å². The predicted octanol–water partition coefficient (Wildman–Crippen LogP) is 3.04. The summed E-state index contributed by atoms with van der Waals surface area (Å²) in [5.41, 5.74) is 0.844. The number of aliphatic hydroxyl groups excluding tert-OH is 1. The Morgan fingerprint density at radius 2 is 1.96 bits per heavy atom. The van der Waals surface area contributed by atoms with Crippen LogP contribution in [0.2, 0.25) is 0 Å². The lowest BCUT2D eigenvalue weighted by Gasteiger charge is -2.22. The third-order valence-corrected chi connectivity index (χ3v) is 3.46. The van der Waals surface area contributed by atoms with E-state index < -0.39 is 6.10 Å². The number of guanidine groups is 1. The number of aliphatic hydroxyl groups is 1. The molecule has 0 saturated heterocycles. The lowest BCUT2D eigenvalue weighted by molar-refractivity contribution is 0.186. The van der Waals surface area contributed by atoms with Crippen LogP contribution in [0.4, 0.5) is 0 Å². The minimum absolute atomic E-state index is 0. The Bertz CT molecular complexity index is 452. The third kappa shape index (κ3) is 7.87. The number of rotatable bonds is 8. The zero-order valence-corrected chi connectivity index (χ0v) is 16.9. The second-order valence-corrected chi connectivity index (χ2v) is 5.26. The van der Waals surface area contributed by atoms with Gasteiger partial charge in [-0.2, -0.15) is 0 Å². The van der Waals surface area contributed by atoms with E-state index in [-0.39, 0.29) is 24.0 Å². The van der Waals surface area contributed by atoms with Crippen LogP contribution in [0.1, 0.15) is 38.4 Å². The molecular weight excluding hydrogens is 405 g/mol. The van der Waals surface area contributed by atoms with Crippen LogP contribution < -0.4 is 10.1 Å². The average Bonchev–Trinajstić information content (AvgIpc) is 2.56.